The first kappa shape index (κ1) is 23.9. The molecule has 4 aromatic rings. The summed E-state index contributed by atoms with van der Waals surface area (Å²) >= 11 is 1.35. The maximum absolute atomic E-state index is 11.8. The van der Waals surface area contributed by atoms with Crippen molar-refractivity contribution in [1.82, 2.24) is 4.98 Å². The average Bonchev–Trinajstić information content (AvgIpc) is 3.42. The number of thiazole rings is 1. The molecule has 1 unspecified atom stereocenters. The zero-order chi connectivity index (χ0) is 24.8. The van der Waals surface area contributed by atoms with E-state index in [2.05, 4.69) is 20.5 Å². The summed E-state index contributed by atoms with van der Waals surface area (Å²) in [7, 11) is 0. The first-order valence-electron chi connectivity index (χ1n) is 10.7. The summed E-state index contributed by atoms with van der Waals surface area (Å²) in [6, 6.07) is 19.0. The number of nitrogens with zero attached hydrogens (tertiary/aromatic N) is 4. The number of azo groups is 1. The molecule has 176 valence electrons. The number of aromatic nitrogens is 1. The van der Waals surface area contributed by atoms with Gasteiger partial charge in [-0.1, -0.05) is 31.2 Å². The SMILES string of the molecule is CCC(O)C(=O)Nc1ccc(N=Nc2ccc(-c3cccc([N+](=O)[O-])c3-c3nccs3)cc2)cc1. The number of hydrogen-bond acceptors (Lipinski definition) is 8. The monoisotopic (exact) mass is 487 g/mol. The van der Waals surface area contributed by atoms with Gasteiger partial charge in [-0.2, -0.15) is 10.2 Å². The molecule has 1 atom stereocenters. The number of amides is 1. The van der Waals surface area contributed by atoms with Crippen molar-refractivity contribution in [1.29, 1.82) is 0 Å². The summed E-state index contributed by atoms with van der Waals surface area (Å²) in [6.45, 7) is 1.73. The average molecular weight is 488 g/mol. The first-order chi connectivity index (χ1) is 17.0. The lowest BCUT2D eigenvalue weighted by molar-refractivity contribution is -0.384. The second-order valence-corrected chi connectivity index (χ2v) is 8.40. The Balaban J connectivity index is 1.52. The van der Waals surface area contributed by atoms with Crippen molar-refractivity contribution in [3.8, 4) is 21.7 Å². The highest BCUT2D eigenvalue weighted by Crippen LogP contribution is 2.40. The van der Waals surface area contributed by atoms with Gasteiger partial charge in [-0.15, -0.1) is 11.3 Å². The van der Waals surface area contributed by atoms with Gasteiger partial charge in [0, 0.05) is 23.3 Å². The zero-order valence-corrected chi connectivity index (χ0v) is 19.5. The van der Waals surface area contributed by atoms with Crippen molar-refractivity contribution in [3.05, 3.63) is 88.4 Å². The predicted molar refractivity (Wildman–Crippen MR) is 135 cm³/mol. The number of nitrogens with one attached hydrogen (secondary N) is 1. The normalized spacial score (nSPS) is 11.9. The first-order valence-corrected chi connectivity index (χ1v) is 11.6. The lowest BCUT2D eigenvalue weighted by Crippen LogP contribution is -2.26. The third-order valence-electron chi connectivity index (χ3n) is 5.17. The van der Waals surface area contributed by atoms with E-state index in [4.69, 9.17) is 0 Å². The van der Waals surface area contributed by atoms with Crippen LogP contribution in [0.4, 0.5) is 22.7 Å². The van der Waals surface area contributed by atoms with Gasteiger partial charge in [-0.3, -0.25) is 14.9 Å². The number of nitro benzene ring substituents is 1. The minimum atomic E-state index is -1.04. The number of aliphatic hydroxyl groups is 1. The number of hydrogen-bond donors (Lipinski definition) is 2. The van der Waals surface area contributed by atoms with Crippen LogP contribution in [0.5, 0.6) is 0 Å². The lowest BCUT2D eigenvalue weighted by Gasteiger charge is -2.09. The number of nitro groups is 1. The number of aliphatic hydroxyl groups excluding tert-OH is 1. The van der Waals surface area contributed by atoms with Crippen molar-refractivity contribution >= 4 is 40.0 Å². The van der Waals surface area contributed by atoms with Gasteiger partial charge in [0.2, 0.25) is 0 Å². The molecule has 1 amide bonds. The standard InChI is InChI=1S/C25H21N5O4S/c1-2-22(31)24(32)27-17-10-12-19(13-11-17)29-28-18-8-6-16(7-9-18)20-4-3-5-21(30(33)34)23(20)25-26-14-15-35-25/h3-15,22,31H,2H2,1H3,(H,27,32). The lowest BCUT2D eigenvalue weighted by atomic mass is 9.98. The van der Waals surface area contributed by atoms with Gasteiger partial charge in [0.05, 0.1) is 21.9 Å². The predicted octanol–water partition coefficient (Wildman–Crippen LogP) is 6.51. The number of rotatable bonds is 8. The summed E-state index contributed by atoms with van der Waals surface area (Å²) in [6.07, 6.45) is 0.917. The minimum Gasteiger partial charge on any atom is -0.383 e. The van der Waals surface area contributed by atoms with E-state index in [-0.39, 0.29) is 5.69 Å². The molecule has 10 heteroatoms. The molecular formula is C25H21N5O4S. The maximum Gasteiger partial charge on any atom is 0.280 e. The summed E-state index contributed by atoms with van der Waals surface area (Å²) in [5.41, 5.74) is 3.76. The molecule has 0 fully saturated rings. The van der Waals surface area contributed by atoms with Crippen LogP contribution < -0.4 is 5.32 Å². The van der Waals surface area contributed by atoms with E-state index in [0.29, 0.717) is 39.6 Å². The number of carbonyl (C=O) groups is 1. The number of carbonyl (C=O) groups excluding carboxylic acids is 1. The Kier molecular flexibility index (Phi) is 7.34. The summed E-state index contributed by atoms with van der Waals surface area (Å²) in [4.78, 5) is 27.3. The largest absolute Gasteiger partial charge is 0.383 e. The van der Waals surface area contributed by atoms with Gasteiger partial charge < -0.3 is 10.4 Å². The molecule has 0 radical (unpaired) electrons. The molecule has 9 nitrogen and oxygen atoms in total. The molecule has 35 heavy (non-hydrogen) atoms. The van der Waals surface area contributed by atoms with Crippen LogP contribution in [0.1, 0.15) is 13.3 Å². The summed E-state index contributed by atoms with van der Waals surface area (Å²) in [5, 5.41) is 34.6. The van der Waals surface area contributed by atoms with Crippen LogP contribution in [0, 0.1) is 10.1 Å². The van der Waals surface area contributed by atoms with E-state index in [9.17, 15) is 20.0 Å². The smallest absolute Gasteiger partial charge is 0.280 e. The van der Waals surface area contributed by atoms with E-state index in [0.717, 1.165) is 5.56 Å². The van der Waals surface area contributed by atoms with E-state index in [1.807, 2.05) is 18.2 Å². The zero-order valence-electron chi connectivity index (χ0n) is 18.7. The van der Waals surface area contributed by atoms with E-state index in [1.165, 1.54) is 17.4 Å². The van der Waals surface area contributed by atoms with Gasteiger partial charge in [-0.05, 0) is 53.9 Å². The molecule has 0 aliphatic heterocycles. The molecule has 3 aromatic carbocycles. The van der Waals surface area contributed by atoms with Crippen molar-refractivity contribution in [2.45, 2.75) is 19.4 Å². The van der Waals surface area contributed by atoms with Crippen LogP contribution >= 0.6 is 11.3 Å². The second kappa shape index (κ2) is 10.8. The topological polar surface area (TPSA) is 130 Å². The van der Waals surface area contributed by atoms with Crippen molar-refractivity contribution in [2.75, 3.05) is 5.32 Å². The molecular weight excluding hydrogens is 466 g/mol. The Hall–Kier alpha value is -4.28. The molecule has 0 aliphatic rings. The molecule has 0 bridgehead atoms. The minimum absolute atomic E-state index is 0.00468. The van der Waals surface area contributed by atoms with Gasteiger partial charge in [0.25, 0.3) is 11.6 Å². The second-order valence-electron chi connectivity index (χ2n) is 7.50. The molecule has 1 aromatic heterocycles. The summed E-state index contributed by atoms with van der Waals surface area (Å²) < 4.78 is 0. The fourth-order valence-corrected chi connectivity index (χ4v) is 4.05. The molecule has 0 saturated carbocycles. The highest BCUT2D eigenvalue weighted by molar-refractivity contribution is 7.13. The van der Waals surface area contributed by atoms with Gasteiger partial charge in [-0.25, -0.2) is 4.98 Å². The Labute approximate surface area is 205 Å². The molecule has 2 N–H and O–H groups in total. The molecule has 0 saturated heterocycles. The van der Waals surface area contributed by atoms with E-state index < -0.39 is 16.9 Å². The third kappa shape index (κ3) is 5.62. The summed E-state index contributed by atoms with van der Waals surface area (Å²) in [5.74, 6) is -0.455. The van der Waals surface area contributed by atoms with Crippen LogP contribution in [-0.4, -0.2) is 27.0 Å². The highest BCUT2D eigenvalue weighted by atomic mass is 32.1. The Morgan fingerprint density at radius 1 is 1.09 bits per heavy atom. The van der Waals surface area contributed by atoms with Crippen molar-refractivity contribution in [2.24, 2.45) is 10.2 Å². The van der Waals surface area contributed by atoms with Crippen LogP contribution in [-0.2, 0) is 4.79 Å². The fraction of sp³-hybridized carbons (Fsp3) is 0.120. The third-order valence-corrected chi connectivity index (χ3v) is 5.96. The fourth-order valence-electron chi connectivity index (χ4n) is 3.35. The van der Waals surface area contributed by atoms with Crippen molar-refractivity contribution in [3.63, 3.8) is 0 Å². The maximum atomic E-state index is 11.8. The number of benzene rings is 3. The van der Waals surface area contributed by atoms with Crippen LogP contribution in [0.25, 0.3) is 21.7 Å². The van der Waals surface area contributed by atoms with Crippen LogP contribution in [0.2, 0.25) is 0 Å². The Bertz CT molecular complexity index is 1350. The number of anilines is 1. The Morgan fingerprint density at radius 2 is 1.74 bits per heavy atom. The van der Waals surface area contributed by atoms with Crippen LogP contribution in [0.15, 0.2) is 88.5 Å². The molecule has 4 rings (SSSR count). The van der Waals surface area contributed by atoms with E-state index in [1.54, 1.807) is 61.0 Å². The molecule has 0 aliphatic carbocycles. The quantitative estimate of drug-likeness (QED) is 0.166. The van der Waals surface area contributed by atoms with Gasteiger partial charge in [0.1, 0.15) is 11.1 Å². The van der Waals surface area contributed by atoms with Gasteiger partial charge >= 0.3 is 0 Å². The van der Waals surface area contributed by atoms with Crippen molar-refractivity contribution < 1.29 is 14.8 Å². The highest BCUT2D eigenvalue weighted by Gasteiger charge is 2.21. The van der Waals surface area contributed by atoms with E-state index >= 15 is 0 Å². The molecule has 1 heterocycles. The Morgan fingerprint density at radius 3 is 2.31 bits per heavy atom. The van der Waals surface area contributed by atoms with Gasteiger partial charge in [0.15, 0.2) is 0 Å². The molecule has 0 spiro atoms. The van der Waals surface area contributed by atoms with Crippen LogP contribution in [0.3, 0.4) is 0 Å².